The summed E-state index contributed by atoms with van der Waals surface area (Å²) in [5.41, 5.74) is 1.70. The normalized spacial score (nSPS) is 12.2. The van der Waals surface area contributed by atoms with E-state index in [0.29, 0.717) is 0 Å². The molecule has 0 aliphatic heterocycles. The van der Waals surface area contributed by atoms with Crippen molar-refractivity contribution in [3.05, 3.63) is 30.6 Å². The Kier molecular flexibility index (Phi) is 4.89. The van der Waals surface area contributed by atoms with Crippen LogP contribution in [0.2, 0.25) is 0 Å². The molecule has 2 aromatic rings. The highest BCUT2D eigenvalue weighted by molar-refractivity contribution is 5.80. The highest BCUT2D eigenvalue weighted by Gasteiger charge is 2.14. The van der Waals surface area contributed by atoms with Gasteiger partial charge < -0.3 is 19.7 Å². The summed E-state index contributed by atoms with van der Waals surface area (Å²) in [6, 6.07) is 7.52. The lowest BCUT2D eigenvalue weighted by molar-refractivity contribution is -0.140. The van der Waals surface area contributed by atoms with Crippen molar-refractivity contribution < 1.29 is 19.4 Å². The van der Waals surface area contributed by atoms with Crippen molar-refractivity contribution in [2.45, 2.75) is 19.1 Å². The second-order valence-corrected chi connectivity index (χ2v) is 4.62. The van der Waals surface area contributed by atoms with Gasteiger partial charge in [0.25, 0.3) is 0 Å². The topological polar surface area (TPSA) is 93.5 Å². The zero-order valence-corrected chi connectivity index (χ0v) is 11.7. The molecule has 112 valence electrons. The SMILES string of the molecule is COC(CNC(=O)Cn1cnc2ccccc21)CC(=O)O. The molecule has 0 bridgehead atoms. The van der Waals surface area contributed by atoms with Gasteiger partial charge in [-0.1, -0.05) is 12.1 Å². The second-order valence-electron chi connectivity index (χ2n) is 4.62. The highest BCUT2D eigenvalue weighted by Crippen LogP contribution is 2.11. The van der Waals surface area contributed by atoms with Gasteiger partial charge in [-0.2, -0.15) is 0 Å². The zero-order chi connectivity index (χ0) is 15.2. The molecule has 0 saturated heterocycles. The lowest BCUT2D eigenvalue weighted by atomic mass is 10.2. The van der Waals surface area contributed by atoms with E-state index in [4.69, 9.17) is 9.84 Å². The van der Waals surface area contributed by atoms with Gasteiger partial charge in [-0.3, -0.25) is 9.59 Å². The van der Waals surface area contributed by atoms with Gasteiger partial charge in [0.05, 0.1) is 29.9 Å². The molecule has 7 heteroatoms. The summed E-state index contributed by atoms with van der Waals surface area (Å²) in [5.74, 6) is -1.18. The van der Waals surface area contributed by atoms with E-state index in [2.05, 4.69) is 10.3 Å². The summed E-state index contributed by atoms with van der Waals surface area (Å²) in [4.78, 5) is 26.7. The molecule has 1 atom stereocenters. The van der Waals surface area contributed by atoms with E-state index in [1.54, 1.807) is 10.9 Å². The van der Waals surface area contributed by atoms with Crippen molar-refractivity contribution >= 4 is 22.9 Å². The molecule has 1 aromatic heterocycles. The van der Waals surface area contributed by atoms with Gasteiger partial charge in [0.1, 0.15) is 6.54 Å². The number of amides is 1. The molecule has 7 nitrogen and oxygen atoms in total. The molecule has 1 amide bonds. The number of imidazole rings is 1. The Morgan fingerprint density at radius 2 is 2.19 bits per heavy atom. The van der Waals surface area contributed by atoms with E-state index in [9.17, 15) is 9.59 Å². The number of rotatable bonds is 7. The minimum atomic E-state index is -0.961. The van der Waals surface area contributed by atoms with E-state index in [0.717, 1.165) is 11.0 Å². The van der Waals surface area contributed by atoms with Crippen molar-refractivity contribution in [2.75, 3.05) is 13.7 Å². The highest BCUT2D eigenvalue weighted by atomic mass is 16.5. The smallest absolute Gasteiger partial charge is 0.306 e. The van der Waals surface area contributed by atoms with Crippen molar-refractivity contribution in [3.63, 3.8) is 0 Å². The van der Waals surface area contributed by atoms with Crippen LogP contribution in [0.4, 0.5) is 0 Å². The number of nitrogens with zero attached hydrogens (tertiary/aromatic N) is 2. The monoisotopic (exact) mass is 291 g/mol. The number of carbonyl (C=O) groups excluding carboxylic acids is 1. The standard InChI is InChI=1S/C14H17N3O4/c1-21-10(6-14(19)20)7-15-13(18)8-17-9-16-11-4-2-3-5-12(11)17/h2-5,9-10H,6-8H2,1H3,(H,15,18)(H,19,20). The van der Waals surface area contributed by atoms with Crippen LogP contribution in [-0.2, 0) is 20.9 Å². The van der Waals surface area contributed by atoms with E-state index in [-0.39, 0.29) is 25.4 Å². The van der Waals surface area contributed by atoms with Gasteiger partial charge in [0, 0.05) is 13.7 Å². The molecule has 1 heterocycles. The van der Waals surface area contributed by atoms with E-state index in [1.807, 2.05) is 24.3 Å². The quantitative estimate of drug-likeness (QED) is 0.781. The van der Waals surface area contributed by atoms with E-state index in [1.165, 1.54) is 7.11 Å². The third-order valence-electron chi connectivity index (χ3n) is 3.10. The van der Waals surface area contributed by atoms with Crippen LogP contribution in [-0.4, -0.2) is 46.3 Å². The molecule has 0 saturated carbocycles. The summed E-state index contributed by atoms with van der Waals surface area (Å²) in [6.07, 6.45) is 0.922. The number of aromatic nitrogens is 2. The number of carboxylic acids is 1. The molecule has 0 aliphatic rings. The Balaban J connectivity index is 1.91. The van der Waals surface area contributed by atoms with Gasteiger partial charge in [-0.25, -0.2) is 4.98 Å². The predicted octanol–water partition coefficient (Wildman–Crippen LogP) is 0.642. The van der Waals surface area contributed by atoms with Gasteiger partial charge >= 0.3 is 5.97 Å². The van der Waals surface area contributed by atoms with Gasteiger partial charge in [-0.05, 0) is 12.1 Å². The first kappa shape index (κ1) is 15.0. The molecule has 2 rings (SSSR count). The fourth-order valence-corrected chi connectivity index (χ4v) is 2.01. The number of fused-ring (bicyclic) bond motifs is 1. The fraction of sp³-hybridized carbons (Fsp3) is 0.357. The van der Waals surface area contributed by atoms with Crippen LogP contribution in [0.25, 0.3) is 11.0 Å². The number of carboxylic acid groups (broad SMARTS) is 1. The molecule has 2 N–H and O–H groups in total. The summed E-state index contributed by atoms with van der Waals surface area (Å²) in [7, 11) is 1.42. The molecule has 0 fully saturated rings. The number of aliphatic carboxylic acids is 1. The van der Waals surface area contributed by atoms with Crippen LogP contribution in [0.3, 0.4) is 0 Å². The summed E-state index contributed by atoms with van der Waals surface area (Å²) in [6.45, 7) is 0.290. The average molecular weight is 291 g/mol. The van der Waals surface area contributed by atoms with Crippen LogP contribution in [0.15, 0.2) is 30.6 Å². The number of methoxy groups -OCH3 is 1. The van der Waals surface area contributed by atoms with Gasteiger partial charge in [-0.15, -0.1) is 0 Å². The summed E-state index contributed by atoms with van der Waals surface area (Å²) in [5, 5.41) is 11.4. The molecular weight excluding hydrogens is 274 g/mol. The Morgan fingerprint density at radius 1 is 1.43 bits per heavy atom. The summed E-state index contributed by atoms with van der Waals surface area (Å²) < 4.78 is 6.74. The van der Waals surface area contributed by atoms with Crippen LogP contribution < -0.4 is 5.32 Å². The van der Waals surface area contributed by atoms with E-state index < -0.39 is 12.1 Å². The maximum atomic E-state index is 11.9. The summed E-state index contributed by atoms with van der Waals surface area (Å²) >= 11 is 0. The third kappa shape index (κ3) is 4.03. The minimum absolute atomic E-state index is 0.129. The van der Waals surface area contributed by atoms with Crippen molar-refractivity contribution in [3.8, 4) is 0 Å². The Hall–Kier alpha value is -2.41. The van der Waals surface area contributed by atoms with E-state index >= 15 is 0 Å². The lowest BCUT2D eigenvalue weighted by Crippen LogP contribution is -2.36. The second kappa shape index (κ2) is 6.85. The molecular formula is C14H17N3O4. The Morgan fingerprint density at radius 3 is 2.90 bits per heavy atom. The van der Waals surface area contributed by atoms with Crippen molar-refractivity contribution in [1.82, 2.24) is 14.9 Å². The number of para-hydroxylation sites is 2. The number of nitrogens with one attached hydrogen (secondary N) is 1. The number of ether oxygens (including phenoxy) is 1. The Labute approximate surface area is 121 Å². The van der Waals surface area contributed by atoms with Crippen LogP contribution in [0, 0.1) is 0 Å². The molecule has 1 aromatic carbocycles. The molecule has 0 aliphatic carbocycles. The van der Waals surface area contributed by atoms with Gasteiger partial charge in [0.2, 0.25) is 5.91 Å². The first-order chi connectivity index (χ1) is 10.1. The molecule has 21 heavy (non-hydrogen) atoms. The number of hydrogen-bond donors (Lipinski definition) is 2. The molecule has 0 spiro atoms. The zero-order valence-electron chi connectivity index (χ0n) is 11.7. The van der Waals surface area contributed by atoms with Crippen LogP contribution >= 0.6 is 0 Å². The van der Waals surface area contributed by atoms with Crippen molar-refractivity contribution in [2.24, 2.45) is 0 Å². The minimum Gasteiger partial charge on any atom is -0.481 e. The first-order valence-electron chi connectivity index (χ1n) is 6.51. The molecule has 0 radical (unpaired) electrons. The fourth-order valence-electron chi connectivity index (χ4n) is 2.01. The number of benzene rings is 1. The number of carbonyl (C=O) groups is 2. The first-order valence-corrected chi connectivity index (χ1v) is 6.51. The molecule has 1 unspecified atom stereocenters. The third-order valence-corrected chi connectivity index (χ3v) is 3.10. The maximum Gasteiger partial charge on any atom is 0.306 e. The Bertz CT molecular complexity index is 638. The average Bonchev–Trinajstić information content (AvgIpc) is 2.86. The largest absolute Gasteiger partial charge is 0.481 e. The number of hydrogen-bond acceptors (Lipinski definition) is 4. The van der Waals surface area contributed by atoms with Crippen LogP contribution in [0.5, 0.6) is 0 Å². The van der Waals surface area contributed by atoms with Crippen molar-refractivity contribution in [1.29, 1.82) is 0 Å². The lowest BCUT2D eigenvalue weighted by Gasteiger charge is -2.14. The van der Waals surface area contributed by atoms with Crippen LogP contribution in [0.1, 0.15) is 6.42 Å². The predicted molar refractivity (Wildman–Crippen MR) is 75.8 cm³/mol. The van der Waals surface area contributed by atoms with Gasteiger partial charge in [0.15, 0.2) is 0 Å². The maximum absolute atomic E-state index is 11.9.